The Morgan fingerprint density at radius 3 is 2.42 bits per heavy atom. The lowest BCUT2D eigenvalue weighted by Gasteiger charge is -2.41. The second-order valence-corrected chi connectivity index (χ2v) is 10.5. The zero-order valence-corrected chi connectivity index (χ0v) is 19.7. The van der Waals surface area contributed by atoms with Crippen molar-refractivity contribution < 1.29 is 14.6 Å². The van der Waals surface area contributed by atoms with Crippen LogP contribution in [0, 0.1) is 23.2 Å². The molecule has 3 unspecified atom stereocenters. The molecule has 0 radical (unpaired) electrons. The van der Waals surface area contributed by atoms with Crippen LogP contribution in [0.25, 0.3) is 10.8 Å². The Kier molecular flexibility index (Phi) is 6.05. The van der Waals surface area contributed by atoms with Crippen LogP contribution in [0.15, 0.2) is 30.3 Å². The first kappa shape index (κ1) is 22.2. The van der Waals surface area contributed by atoms with Crippen LogP contribution >= 0.6 is 0 Å². The third kappa shape index (κ3) is 4.22. The van der Waals surface area contributed by atoms with Gasteiger partial charge < -0.3 is 9.84 Å². The Morgan fingerprint density at radius 2 is 1.79 bits per heavy atom. The minimum absolute atomic E-state index is 0.202. The molecule has 0 spiro atoms. The number of carboxylic acid groups (broad SMARTS) is 1. The molecule has 2 aliphatic heterocycles. The number of benzene rings is 2. The van der Waals surface area contributed by atoms with E-state index >= 15 is 0 Å². The lowest BCUT2D eigenvalue weighted by atomic mass is 9.88. The third-order valence-corrected chi connectivity index (χ3v) is 8.44. The Labute approximate surface area is 196 Å². The zero-order valence-electron chi connectivity index (χ0n) is 19.7. The largest absolute Gasteiger partial charge is 0.489 e. The number of ether oxygens (including phenoxy) is 1. The van der Waals surface area contributed by atoms with E-state index in [1.54, 1.807) is 0 Å². The number of fused-ring (bicyclic) bond motifs is 3. The summed E-state index contributed by atoms with van der Waals surface area (Å²) in [5.74, 6) is 0.628. The summed E-state index contributed by atoms with van der Waals surface area (Å²) in [7, 11) is 0. The number of nitriles is 1. The van der Waals surface area contributed by atoms with E-state index in [1.807, 2.05) is 6.07 Å². The summed E-state index contributed by atoms with van der Waals surface area (Å²) in [6, 6.07) is 13.8. The second-order valence-electron chi connectivity index (χ2n) is 10.5. The first-order chi connectivity index (χ1) is 15.9. The first-order valence-corrected chi connectivity index (χ1v) is 12.6. The van der Waals surface area contributed by atoms with Crippen molar-refractivity contribution in [2.45, 2.75) is 89.4 Å². The number of hydrogen-bond acceptors (Lipinski definition) is 4. The highest BCUT2D eigenvalue weighted by Gasteiger charge is 2.45. The molecular weight excluding hydrogens is 412 g/mol. The van der Waals surface area contributed by atoms with Crippen LogP contribution in [0.4, 0.5) is 0 Å². The molecule has 3 fully saturated rings. The molecule has 0 aromatic heterocycles. The van der Waals surface area contributed by atoms with Crippen molar-refractivity contribution in [3.05, 3.63) is 41.5 Å². The molecule has 2 heterocycles. The van der Waals surface area contributed by atoms with Crippen molar-refractivity contribution in [3.63, 3.8) is 0 Å². The Bertz CT molecular complexity index is 1070. The summed E-state index contributed by atoms with van der Waals surface area (Å²) in [6.07, 6.45) is 8.38. The summed E-state index contributed by atoms with van der Waals surface area (Å²) >= 11 is 0. The molecule has 3 aliphatic rings. The van der Waals surface area contributed by atoms with Gasteiger partial charge in [-0.2, -0.15) is 5.26 Å². The molecule has 1 N–H and O–H groups in total. The van der Waals surface area contributed by atoms with Crippen molar-refractivity contribution >= 4 is 16.7 Å². The van der Waals surface area contributed by atoms with Crippen molar-refractivity contribution in [1.29, 1.82) is 5.26 Å². The molecule has 2 aromatic carbocycles. The molecule has 2 bridgehead atoms. The summed E-state index contributed by atoms with van der Waals surface area (Å²) in [6.45, 7) is 4.53. The summed E-state index contributed by atoms with van der Waals surface area (Å²) in [4.78, 5) is 14.1. The van der Waals surface area contributed by atoms with Gasteiger partial charge in [0.2, 0.25) is 0 Å². The summed E-state index contributed by atoms with van der Waals surface area (Å²) in [5, 5.41) is 21.4. The fourth-order valence-electron chi connectivity index (χ4n) is 6.55. The van der Waals surface area contributed by atoms with Gasteiger partial charge >= 0.3 is 5.97 Å². The first-order valence-electron chi connectivity index (χ1n) is 12.6. The lowest BCUT2D eigenvalue weighted by Crippen LogP contribution is -2.45. The number of carbonyl (C=O) groups is 1. The van der Waals surface area contributed by atoms with Gasteiger partial charge in [0.1, 0.15) is 17.4 Å². The minimum Gasteiger partial charge on any atom is -0.489 e. The van der Waals surface area contributed by atoms with Gasteiger partial charge in [-0.15, -0.1) is 0 Å². The standard InChI is InChI=1S/C28H34N2O3/c1-17-3-9-24(10-4-17)33-27-12-6-20-13-19(5-11-25(20)26(27)16-29)18(2)30-22-7-8-23(30)15-21(14-22)28(31)32/h5-6,11-13,17-18,21-24H,3-4,7-10,14-15H2,1-2H3,(H,31,32). The third-order valence-electron chi connectivity index (χ3n) is 8.44. The predicted octanol–water partition coefficient (Wildman–Crippen LogP) is 6.06. The predicted molar refractivity (Wildman–Crippen MR) is 128 cm³/mol. The monoisotopic (exact) mass is 446 g/mol. The van der Waals surface area contributed by atoms with Crippen molar-refractivity contribution in [3.8, 4) is 11.8 Å². The fraction of sp³-hybridized carbons (Fsp3) is 0.571. The van der Waals surface area contributed by atoms with Gasteiger partial charge in [-0.25, -0.2) is 0 Å². The maximum absolute atomic E-state index is 11.5. The maximum atomic E-state index is 11.5. The molecule has 1 saturated carbocycles. The quantitative estimate of drug-likeness (QED) is 0.604. The molecule has 5 rings (SSSR count). The molecule has 33 heavy (non-hydrogen) atoms. The van der Waals surface area contributed by atoms with Gasteiger partial charge in [-0.1, -0.05) is 25.1 Å². The van der Waals surface area contributed by atoms with Gasteiger partial charge in [-0.05, 0) is 87.3 Å². The molecule has 1 aliphatic carbocycles. The van der Waals surface area contributed by atoms with Gasteiger partial charge in [0.15, 0.2) is 0 Å². The Balaban J connectivity index is 1.38. The van der Waals surface area contributed by atoms with Crippen LogP contribution in [-0.2, 0) is 4.79 Å². The number of nitrogens with zero attached hydrogens (tertiary/aromatic N) is 2. The van der Waals surface area contributed by atoms with Gasteiger partial charge in [0.25, 0.3) is 0 Å². The molecule has 2 aromatic rings. The molecule has 3 atom stereocenters. The molecular formula is C28H34N2O3. The average Bonchev–Trinajstić information content (AvgIpc) is 3.08. The Morgan fingerprint density at radius 1 is 1.09 bits per heavy atom. The number of rotatable bonds is 5. The number of aliphatic carboxylic acids is 1. The molecule has 174 valence electrons. The van der Waals surface area contributed by atoms with E-state index in [4.69, 9.17) is 4.74 Å². The van der Waals surface area contributed by atoms with E-state index in [-0.39, 0.29) is 18.1 Å². The second kappa shape index (κ2) is 8.99. The van der Waals surface area contributed by atoms with Gasteiger partial charge in [-0.3, -0.25) is 9.69 Å². The fourth-order valence-corrected chi connectivity index (χ4v) is 6.55. The van der Waals surface area contributed by atoms with Crippen molar-refractivity contribution in [2.24, 2.45) is 11.8 Å². The SMILES string of the molecule is CC1CCC(Oc2ccc3cc(C(C)N4C5CCC4CC(C(=O)O)C5)ccc3c2C#N)CC1. The van der Waals surface area contributed by atoms with E-state index in [0.29, 0.717) is 23.4 Å². The normalized spacial score (nSPS) is 30.6. The van der Waals surface area contributed by atoms with E-state index < -0.39 is 5.97 Å². The van der Waals surface area contributed by atoms with Crippen LogP contribution in [0.3, 0.4) is 0 Å². The Hall–Kier alpha value is -2.58. The average molecular weight is 447 g/mol. The summed E-state index contributed by atoms with van der Waals surface area (Å²) < 4.78 is 6.29. The van der Waals surface area contributed by atoms with Crippen LogP contribution in [0.1, 0.15) is 82.4 Å². The smallest absolute Gasteiger partial charge is 0.306 e. The lowest BCUT2D eigenvalue weighted by molar-refractivity contribution is -0.144. The highest BCUT2D eigenvalue weighted by Crippen LogP contribution is 2.44. The van der Waals surface area contributed by atoms with Crippen molar-refractivity contribution in [2.75, 3.05) is 0 Å². The zero-order chi connectivity index (χ0) is 23.1. The maximum Gasteiger partial charge on any atom is 0.306 e. The highest BCUT2D eigenvalue weighted by atomic mass is 16.5. The van der Waals surface area contributed by atoms with Crippen LogP contribution in [0.5, 0.6) is 5.75 Å². The van der Waals surface area contributed by atoms with Crippen LogP contribution in [0.2, 0.25) is 0 Å². The van der Waals surface area contributed by atoms with E-state index in [2.05, 4.69) is 49.1 Å². The van der Waals surface area contributed by atoms with E-state index in [0.717, 1.165) is 55.2 Å². The van der Waals surface area contributed by atoms with Crippen molar-refractivity contribution in [1.82, 2.24) is 4.90 Å². The van der Waals surface area contributed by atoms with E-state index in [9.17, 15) is 15.2 Å². The highest BCUT2D eigenvalue weighted by molar-refractivity contribution is 5.90. The minimum atomic E-state index is -0.644. The molecule has 2 saturated heterocycles. The number of carboxylic acids is 1. The molecule has 5 nitrogen and oxygen atoms in total. The van der Waals surface area contributed by atoms with Gasteiger partial charge in [0.05, 0.1) is 12.0 Å². The van der Waals surface area contributed by atoms with Crippen LogP contribution in [-0.4, -0.2) is 34.2 Å². The van der Waals surface area contributed by atoms with E-state index in [1.165, 1.54) is 18.4 Å². The van der Waals surface area contributed by atoms with Crippen LogP contribution < -0.4 is 4.74 Å². The topological polar surface area (TPSA) is 73.6 Å². The number of hydrogen-bond donors (Lipinski definition) is 1. The van der Waals surface area contributed by atoms with Gasteiger partial charge in [0, 0.05) is 23.5 Å². The number of piperidine rings is 1. The molecule has 0 amide bonds. The summed E-state index contributed by atoms with van der Waals surface area (Å²) in [5.41, 5.74) is 1.86. The molecule has 5 heteroatoms.